The number of nitrogens with zero attached hydrogens (tertiary/aromatic N) is 2. The minimum absolute atomic E-state index is 0.113. The second-order valence-corrected chi connectivity index (χ2v) is 5.26. The number of hydrogen-bond acceptors (Lipinski definition) is 3. The van der Waals surface area contributed by atoms with E-state index in [1.54, 1.807) is 6.20 Å². The Kier molecular flexibility index (Phi) is 4.71. The quantitative estimate of drug-likeness (QED) is 0.859. The highest BCUT2D eigenvalue weighted by Crippen LogP contribution is 2.32. The Morgan fingerprint density at radius 1 is 1.41 bits per heavy atom. The van der Waals surface area contributed by atoms with E-state index in [0.717, 1.165) is 12.2 Å². The third-order valence-electron chi connectivity index (χ3n) is 2.84. The predicted octanol–water partition coefficient (Wildman–Crippen LogP) is 2.39. The minimum atomic E-state index is -0.641. The first-order valence-corrected chi connectivity index (χ1v) is 6.23. The fourth-order valence-electron chi connectivity index (χ4n) is 2.01. The van der Waals surface area contributed by atoms with Gasteiger partial charge >= 0.3 is 0 Å². The van der Waals surface area contributed by atoms with E-state index in [1.165, 1.54) is 0 Å². The van der Waals surface area contributed by atoms with Gasteiger partial charge in [0.15, 0.2) is 0 Å². The van der Waals surface area contributed by atoms with Crippen LogP contribution >= 0.6 is 0 Å². The molecule has 0 spiro atoms. The molecule has 4 heteroatoms. The van der Waals surface area contributed by atoms with E-state index in [9.17, 15) is 5.11 Å². The van der Waals surface area contributed by atoms with Crippen molar-refractivity contribution in [3.8, 4) is 0 Å². The summed E-state index contributed by atoms with van der Waals surface area (Å²) in [5.74, 6) is 0. The van der Waals surface area contributed by atoms with E-state index in [2.05, 4.69) is 25.9 Å². The summed E-state index contributed by atoms with van der Waals surface area (Å²) in [5, 5.41) is 14.6. The molecule has 0 fully saturated rings. The van der Waals surface area contributed by atoms with Crippen LogP contribution in [0.15, 0.2) is 12.3 Å². The SMILES string of the molecule is CCOC(C(O)c1ccnn1CC)C(C)(C)C. The molecule has 2 atom stereocenters. The van der Waals surface area contributed by atoms with E-state index in [1.807, 2.05) is 24.6 Å². The van der Waals surface area contributed by atoms with Gasteiger partial charge in [0.1, 0.15) is 6.10 Å². The van der Waals surface area contributed by atoms with Crippen molar-refractivity contribution in [1.82, 2.24) is 9.78 Å². The normalized spacial score (nSPS) is 15.9. The number of aliphatic hydroxyl groups excluding tert-OH is 1. The second-order valence-electron chi connectivity index (χ2n) is 5.26. The van der Waals surface area contributed by atoms with Gasteiger partial charge in [0.25, 0.3) is 0 Å². The number of hydrogen-bond donors (Lipinski definition) is 1. The highest BCUT2D eigenvalue weighted by Gasteiger charge is 2.34. The van der Waals surface area contributed by atoms with E-state index < -0.39 is 6.10 Å². The lowest BCUT2D eigenvalue weighted by Crippen LogP contribution is -2.36. The Hall–Kier alpha value is -0.870. The fourth-order valence-corrected chi connectivity index (χ4v) is 2.01. The molecule has 0 saturated carbocycles. The topological polar surface area (TPSA) is 47.3 Å². The van der Waals surface area contributed by atoms with E-state index in [-0.39, 0.29) is 11.5 Å². The van der Waals surface area contributed by atoms with Gasteiger partial charge in [0.2, 0.25) is 0 Å². The van der Waals surface area contributed by atoms with Gasteiger partial charge in [-0.15, -0.1) is 0 Å². The molecule has 2 unspecified atom stereocenters. The van der Waals surface area contributed by atoms with Crippen molar-refractivity contribution < 1.29 is 9.84 Å². The molecule has 0 saturated heterocycles. The Morgan fingerprint density at radius 2 is 2.06 bits per heavy atom. The second kappa shape index (κ2) is 5.65. The van der Waals surface area contributed by atoms with Crippen molar-refractivity contribution >= 4 is 0 Å². The molecule has 0 aliphatic heterocycles. The zero-order chi connectivity index (χ0) is 13.1. The minimum Gasteiger partial charge on any atom is -0.384 e. The first-order chi connectivity index (χ1) is 7.91. The van der Waals surface area contributed by atoms with Crippen LogP contribution in [0.4, 0.5) is 0 Å². The summed E-state index contributed by atoms with van der Waals surface area (Å²) < 4.78 is 7.51. The summed E-state index contributed by atoms with van der Waals surface area (Å²) in [5.41, 5.74) is 0.707. The Labute approximate surface area is 104 Å². The number of ether oxygens (including phenoxy) is 1. The zero-order valence-corrected chi connectivity index (χ0v) is 11.5. The van der Waals surface area contributed by atoms with Crippen LogP contribution in [0.5, 0.6) is 0 Å². The van der Waals surface area contributed by atoms with Gasteiger partial charge in [-0.25, -0.2) is 0 Å². The highest BCUT2D eigenvalue weighted by molar-refractivity contribution is 5.08. The van der Waals surface area contributed by atoms with Crippen LogP contribution in [-0.2, 0) is 11.3 Å². The highest BCUT2D eigenvalue weighted by atomic mass is 16.5. The van der Waals surface area contributed by atoms with Crippen LogP contribution in [0, 0.1) is 5.41 Å². The van der Waals surface area contributed by atoms with E-state index >= 15 is 0 Å². The summed E-state index contributed by atoms with van der Waals surface area (Å²) >= 11 is 0. The summed E-state index contributed by atoms with van der Waals surface area (Å²) in [6.45, 7) is 11.5. The lowest BCUT2D eigenvalue weighted by atomic mass is 9.84. The van der Waals surface area contributed by atoms with Crippen LogP contribution in [0.1, 0.15) is 46.4 Å². The van der Waals surface area contributed by atoms with Crippen LogP contribution in [0.3, 0.4) is 0 Å². The molecule has 4 nitrogen and oxygen atoms in total. The molecule has 1 rings (SSSR count). The first-order valence-electron chi connectivity index (χ1n) is 6.23. The maximum Gasteiger partial charge on any atom is 0.122 e. The van der Waals surface area contributed by atoms with Crippen molar-refractivity contribution in [2.75, 3.05) is 6.61 Å². The molecule has 0 aromatic carbocycles. The van der Waals surface area contributed by atoms with Gasteiger partial charge in [-0.3, -0.25) is 4.68 Å². The smallest absolute Gasteiger partial charge is 0.122 e. The van der Waals surface area contributed by atoms with Gasteiger partial charge in [-0.1, -0.05) is 20.8 Å². The van der Waals surface area contributed by atoms with Gasteiger partial charge in [-0.2, -0.15) is 5.10 Å². The molecule has 0 amide bonds. The largest absolute Gasteiger partial charge is 0.384 e. The Morgan fingerprint density at radius 3 is 2.53 bits per heavy atom. The molecule has 0 radical (unpaired) electrons. The predicted molar refractivity (Wildman–Crippen MR) is 67.7 cm³/mol. The molecule has 1 aromatic rings. The van der Waals surface area contributed by atoms with Crippen molar-refractivity contribution in [2.45, 2.75) is 53.4 Å². The lowest BCUT2D eigenvalue weighted by molar-refractivity contribution is -0.0925. The maximum absolute atomic E-state index is 10.5. The van der Waals surface area contributed by atoms with Crippen LogP contribution in [0.25, 0.3) is 0 Å². The average Bonchev–Trinajstić information content (AvgIpc) is 2.71. The number of aromatic nitrogens is 2. The number of rotatable bonds is 5. The fraction of sp³-hybridized carbons (Fsp3) is 0.769. The van der Waals surface area contributed by atoms with Crippen LogP contribution in [0.2, 0.25) is 0 Å². The van der Waals surface area contributed by atoms with E-state index in [0.29, 0.717) is 6.61 Å². The molecular formula is C13H24N2O2. The summed E-state index contributed by atoms with van der Waals surface area (Å²) in [7, 11) is 0. The maximum atomic E-state index is 10.5. The van der Waals surface area contributed by atoms with Crippen molar-refractivity contribution in [1.29, 1.82) is 0 Å². The van der Waals surface area contributed by atoms with E-state index in [4.69, 9.17) is 4.74 Å². The molecule has 1 N–H and O–H groups in total. The Balaban J connectivity index is 2.95. The van der Waals surface area contributed by atoms with Crippen LogP contribution in [-0.4, -0.2) is 27.6 Å². The van der Waals surface area contributed by atoms with Crippen molar-refractivity contribution in [2.24, 2.45) is 5.41 Å². The number of aliphatic hydroxyl groups is 1. The third kappa shape index (κ3) is 3.30. The summed E-state index contributed by atoms with van der Waals surface area (Å²) in [4.78, 5) is 0. The molecule has 1 aromatic heterocycles. The monoisotopic (exact) mass is 240 g/mol. The third-order valence-corrected chi connectivity index (χ3v) is 2.84. The Bertz CT molecular complexity index is 341. The molecule has 17 heavy (non-hydrogen) atoms. The molecular weight excluding hydrogens is 216 g/mol. The van der Waals surface area contributed by atoms with Gasteiger partial charge in [0.05, 0.1) is 11.8 Å². The zero-order valence-electron chi connectivity index (χ0n) is 11.5. The van der Waals surface area contributed by atoms with Crippen molar-refractivity contribution in [3.05, 3.63) is 18.0 Å². The molecule has 1 heterocycles. The lowest BCUT2D eigenvalue weighted by Gasteiger charge is -2.34. The molecule has 0 bridgehead atoms. The van der Waals surface area contributed by atoms with Gasteiger partial charge in [-0.05, 0) is 25.3 Å². The van der Waals surface area contributed by atoms with Gasteiger partial charge < -0.3 is 9.84 Å². The van der Waals surface area contributed by atoms with Gasteiger partial charge in [0, 0.05) is 19.3 Å². The molecule has 0 aliphatic carbocycles. The van der Waals surface area contributed by atoms with Crippen LogP contribution < -0.4 is 0 Å². The standard InChI is InChI=1S/C13H24N2O2/c1-6-15-10(8-9-14-15)11(16)12(17-7-2)13(3,4)5/h8-9,11-12,16H,6-7H2,1-5H3. The summed E-state index contributed by atoms with van der Waals surface area (Å²) in [6, 6.07) is 1.85. The van der Waals surface area contributed by atoms with Crippen molar-refractivity contribution in [3.63, 3.8) is 0 Å². The molecule has 0 aliphatic rings. The summed E-state index contributed by atoms with van der Waals surface area (Å²) in [6.07, 6.45) is 0.847. The average molecular weight is 240 g/mol. The number of aryl methyl sites for hydroxylation is 1. The first kappa shape index (κ1) is 14.2. The molecule has 98 valence electrons.